The highest BCUT2D eigenvalue weighted by Gasteiger charge is 2.07. The molecule has 0 spiro atoms. The van der Waals surface area contributed by atoms with Crippen molar-refractivity contribution in [2.45, 2.75) is 45.4 Å². The first-order chi connectivity index (χ1) is 14.7. The molecule has 0 saturated heterocycles. The summed E-state index contributed by atoms with van der Waals surface area (Å²) in [7, 11) is 0. The summed E-state index contributed by atoms with van der Waals surface area (Å²) < 4.78 is 5.87. The third-order valence-electron chi connectivity index (χ3n) is 5.30. The van der Waals surface area contributed by atoms with Crippen molar-refractivity contribution in [1.29, 1.82) is 0 Å². The molecule has 3 aromatic rings. The number of ether oxygens (including phenoxy) is 1. The molecule has 0 bridgehead atoms. The Hall–Kier alpha value is -2.58. The van der Waals surface area contributed by atoms with Crippen LogP contribution >= 0.6 is 11.6 Å². The van der Waals surface area contributed by atoms with Crippen LogP contribution in [0.2, 0.25) is 5.02 Å². The zero-order valence-corrected chi connectivity index (χ0v) is 18.3. The molecule has 0 aromatic heterocycles. The fourth-order valence-corrected chi connectivity index (χ4v) is 3.80. The molecule has 3 rings (SSSR count). The first-order valence-corrected chi connectivity index (χ1v) is 11.2. The molecule has 0 aliphatic carbocycles. The van der Waals surface area contributed by atoms with Gasteiger partial charge in [0.25, 0.3) is 0 Å². The lowest BCUT2D eigenvalue weighted by atomic mass is 9.97. The molecular weight excluding hydrogens is 392 g/mol. The summed E-state index contributed by atoms with van der Waals surface area (Å²) in [6.45, 7) is 2.94. The van der Waals surface area contributed by atoms with Gasteiger partial charge in [-0.05, 0) is 40.8 Å². The number of aldehydes is 1. The van der Waals surface area contributed by atoms with Gasteiger partial charge in [-0.25, -0.2) is 0 Å². The third-order valence-corrected chi connectivity index (χ3v) is 5.60. The maximum Gasteiger partial charge on any atom is 0.150 e. The molecule has 0 radical (unpaired) electrons. The molecule has 0 aliphatic heterocycles. The van der Waals surface area contributed by atoms with E-state index in [1.54, 1.807) is 0 Å². The average Bonchev–Trinajstić information content (AvgIpc) is 2.79. The van der Waals surface area contributed by atoms with Crippen molar-refractivity contribution in [2.75, 3.05) is 6.61 Å². The van der Waals surface area contributed by atoms with Crippen molar-refractivity contribution >= 4 is 17.9 Å². The molecule has 0 atom stereocenters. The van der Waals surface area contributed by atoms with E-state index < -0.39 is 0 Å². The standard InChI is InChI=1S/C27H29ClO2/c1-2-3-4-5-6-9-18-30-27-17-16-23(19-26(27)28)21-12-14-22(15-13-21)25-11-8-7-10-24(25)20-29/h7-8,10-17,19-20H,2-6,9,18H2,1H3. The first-order valence-electron chi connectivity index (χ1n) is 10.8. The van der Waals surface area contributed by atoms with Gasteiger partial charge in [-0.3, -0.25) is 4.79 Å². The largest absolute Gasteiger partial charge is 0.492 e. The number of carbonyl (C=O) groups is 1. The second-order valence-corrected chi connectivity index (χ2v) is 7.95. The molecule has 2 nitrogen and oxygen atoms in total. The maximum absolute atomic E-state index is 11.3. The van der Waals surface area contributed by atoms with Gasteiger partial charge in [0.1, 0.15) is 5.75 Å². The number of unbranched alkanes of at least 4 members (excludes halogenated alkanes) is 5. The second kappa shape index (κ2) is 11.6. The molecular formula is C27H29ClO2. The zero-order valence-electron chi connectivity index (χ0n) is 17.6. The van der Waals surface area contributed by atoms with Crippen LogP contribution in [0.25, 0.3) is 22.3 Å². The van der Waals surface area contributed by atoms with Gasteiger partial charge in [0, 0.05) is 5.56 Å². The lowest BCUT2D eigenvalue weighted by Crippen LogP contribution is -1.98. The monoisotopic (exact) mass is 420 g/mol. The fraction of sp³-hybridized carbons (Fsp3) is 0.296. The molecule has 0 N–H and O–H groups in total. The fourth-order valence-electron chi connectivity index (χ4n) is 3.57. The van der Waals surface area contributed by atoms with E-state index in [0.717, 1.165) is 40.7 Å². The van der Waals surface area contributed by atoms with Crippen LogP contribution in [-0.2, 0) is 0 Å². The topological polar surface area (TPSA) is 26.3 Å². The number of hydrogen-bond donors (Lipinski definition) is 0. The average molecular weight is 421 g/mol. The van der Waals surface area contributed by atoms with Crippen LogP contribution in [0.1, 0.15) is 55.8 Å². The highest BCUT2D eigenvalue weighted by atomic mass is 35.5. The highest BCUT2D eigenvalue weighted by Crippen LogP contribution is 2.32. The Morgan fingerprint density at radius 3 is 2.20 bits per heavy atom. The van der Waals surface area contributed by atoms with E-state index in [-0.39, 0.29) is 0 Å². The quantitative estimate of drug-likeness (QED) is 0.230. The van der Waals surface area contributed by atoms with Crippen molar-refractivity contribution in [2.24, 2.45) is 0 Å². The van der Waals surface area contributed by atoms with Gasteiger partial charge in [0.05, 0.1) is 11.6 Å². The summed E-state index contributed by atoms with van der Waals surface area (Å²) in [4.78, 5) is 11.3. The Kier molecular flexibility index (Phi) is 8.53. The van der Waals surface area contributed by atoms with Gasteiger partial charge in [0.2, 0.25) is 0 Å². The minimum Gasteiger partial charge on any atom is -0.492 e. The van der Waals surface area contributed by atoms with Gasteiger partial charge in [-0.2, -0.15) is 0 Å². The molecule has 3 aromatic carbocycles. The lowest BCUT2D eigenvalue weighted by Gasteiger charge is -2.11. The maximum atomic E-state index is 11.3. The van der Waals surface area contributed by atoms with Crippen LogP contribution in [0.5, 0.6) is 5.75 Å². The summed E-state index contributed by atoms with van der Waals surface area (Å²) in [5.74, 6) is 0.741. The summed E-state index contributed by atoms with van der Waals surface area (Å²) in [5, 5.41) is 0.633. The Morgan fingerprint density at radius 2 is 1.47 bits per heavy atom. The van der Waals surface area contributed by atoms with E-state index >= 15 is 0 Å². The van der Waals surface area contributed by atoms with E-state index in [1.807, 2.05) is 54.6 Å². The van der Waals surface area contributed by atoms with Crippen LogP contribution in [0.15, 0.2) is 66.7 Å². The molecule has 0 heterocycles. The molecule has 0 fully saturated rings. The van der Waals surface area contributed by atoms with Crippen molar-refractivity contribution in [3.63, 3.8) is 0 Å². The molecule has 30 heavy (non-hydrogen) atoms. The van der Waals surface area contributed by atoms with Gasteiger partial charge in [0.15, 0.2) is 6.29 Å². The predicted octanol–water partition coefficient (Wildman–Crippen LogP) is 8.23. The van der Waals surface area contributed by atoms with E-state index in [2.05, 4.69) is 19.1 Å². The molecule has 0 aliphatic rings. The number of rotatable bonds is 11. The van der Waals surface area contributed by atoms with E-state index in [4.69, 9.17) is 16.3 Å². The summed E-state index contributed by atoms with van der Waals surface area (Å²) in [6, 6.07) is 21.7. The first kappa shape index (κ1) is 22.1. The minimum absolute atomic E-state index is 0.633. The van der Waals surface area contributed by atoms with Crippen molar-refractivity contribution in [1.82, 2.24) is 0 Å². The number of halogens is 1. The summed E-state index contributed by atoms with van der Waals surface area (Å²) in [6.07, 6.45) is 8.34. The highest BCUT2D eigenvalue weighted by molar-refractivity contribution is 6.32. The van der Waals surface area contributed by atoms with Gasteiger partial charge in [-0.15, -0.1) is 0 Å². The van der Waals surface area contributed by atoms with E-state index in [1.165, 1.54) is 32.1 Å². The van der Waals surface area contributed by atoms with Crippen LogP contribution in [0.3, 0.4) is 0 Å². The Morgan fingerprint density at radius 1 is 0.800 bits per heavy atom. The summed E-state index contributed by atoms with van der Waals surface area (Å²) >= 11 is 6.46. The minimum atomic E-state index is 0.633. The molecule has 3 heteroatoms. The smallest absolute Gasteiger partial charge is 0.150 e. The van der Waals surface area contributed by atoms with Crippen LogP contribution in [0.4, 0.5) is 0 Å². The van der Waals surface area contributed by atoms with Crippen LogP contribution in [0, 0.1) is 0 Å². The third kappa shape index (κ3) is 5.96. The van der Waals surface area contributed by atoms with Crippen molar-refractivity contribution < 1.29 is 9.53 Å². The van der Waals surface area contributed by atoms with Crippen LogP contribution < -0.4 is 4.74 Å². The normalized spacial score (nSPS) is 10.7. The zero-order chi connectivity index (χ0) is 21.2. The van der Waals surface area contributed by atoms with Gasteiger partial charge >= 0.3 is 0 Å². The Bertz CT molecular complexity index is 947. The van der Waals surface area contributed by atoms with E-state index in [0.29, 0.717) is 17.2 Å². The Labute approximate surface area is 184 Å². The molecule has 0 unspecified atom stereocenters. The number of carbonyl (C=O) groups excluding carboxylic acids is 1. The lowest BCUT2D eigenvalue weighted by molar-refractivity contribution is 0.112. The van der Waals surface area contributed by atoms with Crippen molar-refractivity contribution in [3.8, 4) is 28.0 Å². The van der Waals surface area contributed by atoms with E-state index in [9.17, 15) is 4.79 Å². The van der Waals surface area contributed by atoms with Gasteiger partial charge in [-0.1, -0.05) is 105 Å². The molecule has 0 amide bonds. The van der Waals surface area contributed by atoms with Gasteiger partial charge < -0.3 is 4.74 Å². The molecule has 0 saturated carbocycles. The Balaban J connectivity index is 1.61. The number of hydrogen-bond acceptors (Lipinski definition) is 2. The predicted molar refractivity (Wildman–Crippen MR) is 127 cm³/mol. The second-order valence-electron chi connectivity index (χ2n) is 7.54. The SMILES string of the molecule is CCCCCCCCOc1ccc(-c2ccc(-c3ccccc3C=O)cc2)cc1Cl. The molecule has 156 valence electrons. The van der Waals surface area contributed by atoms with Crippen molar-refractivity contribution in [3.05, 3.63) is 77.3 Å². The number of benzene rings is 3. The summed E-state index contributed by atoms with van der Waals surface area (Å²) in [5.41, 5.74) is 4.77. The van der Waals surface area contributed by atoms with Crippen LogP contribution in [-0.4, -0.2) is 12.9 Å².